The van der Waals surface area contributed by atoms with E-state index >= 15 is 0 Å². The maximum Gasteiger partial charge on any atom is 0.140 e. The Labute approximate surface area is 82.4 Å². The standard InChI is InChI=1S/C11H17NSi/c1-5-10-6-8-11(9-7-10)13(4)12(2)3/h5-9,13H,1H2,2-4H3. The minimum atomic E-state index is -0.866. The highest BCUT2D eigenvalue weighted by Crippen LogP contribution is 1.99. The number of nitrogens with zero attached hydrogens (tertiary/aromatic N) is 1. The summed E-state index contributed by atoms with van der Waals surface area (Å²) in [6.45, 7) is 6.08. The summed E-state index contributed by atoms with van der Waals surface area (Å²) >= 11 is 0. The summed E-state index contributed by atoms with van der Waals surface area (Å²) < 4.78 is 2.34. The molecule has 0 N–H and O–H groups in total. The molecular weight excluding hydrogens is 174 g/mol. The lowest BCUT2D eigenvalue weighted by Gasteiger charge is -2.18. The molecule has 1 aromatic rings. The molecule has 0 aromatic heterocycles. The van der Waals surface area contributed by atoms with Crippen LogP contribution in [0.1, 0.15) is 5.56 Å². The van der Waals surface area contributed by atoms with E-state index in [2.05, 4.69) is 56.1 Å². The van der Waals surface area contributed by atoms with Crippen molar-refractivity contribution < 1.29 is 0 Å². The number of rotatable bonds is 3. The number of hydrogen-bond donors (Lipinski definition) is 0. The maximum absolute atomic E-state index is 3.74. The molecule has 0 fully saturated rings. The van der Waals surface area contributed by atoms with Crippen molar-refractivity contribution in [2.75, 3.05) is 14.1 Å². The molecule has 0 aliphatic carbocycles. The summed E-state index contributed by atoms with van der Waals surface area (Å²) in [4.78, 5) is 0. The van der Waals surface area contributed by atoms with Crippen LogP contribution in [-0.4, -0.2) is 27.6 Å². The van der Waals surface area contributed by atoms with Crippen LogP contribution in [0, 0.1) is 0 Å². The van der Waals surface area contributed by atoms with Crippen LogP contribution in [0.15, 0.2) is 30.8 Å². The van der Waals surface area contributed by atoms with E-state index in [4.69, 9.17) is 0 Å². The highest BCUT2D eigenvalue weighted by molar-refractivity contribution is 6.69. The van der Waals surface area contributed by atoms with Gasteiger partial charge in [0.05, 0.1) is 0 Å². The van der Waals surface area contributed by atoms with Gasteiger partial charge in [0, 0.05) is 0 Å². The molecule has 1 unspecified atom stereocenters. The second-order valence-electron chi connectivity index (χ2n) is 3.51. The van der Waals surface area contributed by atoms with E-state index in [0.717, 1.165) is 0 Å². The summed E-state index contributed by atoms with van der Waals surface area (Å²) in [7, 11) is 3.44. The zero-order chi connectivity index (χ0) is 9.84. The number of hydrogen-bond acceptors (Lipinski definition) is 1. The molecule has 0 saturated heterocycles. The molecule has 1 rings (SSSR count). The van der Waals surface area contributed by atoms with Crippen molar-refractivity contribution in [3.05, 3.63) is 36.4 Å². The predicted molar refractivity (Wildman–Crippen MR) is 62.9 cm³/mol. The Kier molecular flexibility index (Phi) is 3.45. The molecule has 1 atom stereocenters. The Morgan fingerprint density at radius 3 is 2.15 bits per heavy atom. The third-order valence-electron chi connectivity index (χ3n) is 2.43. The third kappa shape index (κ3) is 2.54. The molecule has 0 heterocycles. The monoisotopic (exact) mass is 191 g/mol. The molecule has 70 valence electrons. The van der Waals surface area contributed by atoms with Gasteiger partial charge >= 0.3 is 0 Å². The van der Waals surface area contributed by atoms with Gasteiger partial charge in [0.25, 0.3) is 0 Å². The summed E-state index contributed by atoms with van der Waals surface area (Å²) in [6, 6.07) is 8.70. The third-order valence-corrected chi connectivity index (χ3v) is 5.33. The smallest absolute Gasteiger partial charge is 0.140 e. The molecule has 0 saturated carbocycles. The first-order valence-corrected chi connectivity index (χ1v) is 6.79. The number of benzene rings is 1. The van der Waals surface area contributed by atoms with Crippen LogP contribution in [0.3, 0.4) is 0 Å². The minimum Gasteiger partial charge on any atom is -0.328 e. The first kappa shape index (κ1) is 10.2. The Balaban J connectivity index is 2.85. The SMILES string of the molecule is C=Cc1ccc([SiH](C)N(C)C)cc1. The van der Waals surface area contributed by atoms with E-state index in [1.807, 2.05) is 6.08 Å². The highest BCUT2D eigenvalue weighted by atomic mass is 28.3. The molecular formula is C11H17NSi. The van der Waals surface area contributed by atoms with E-state index in [9.17, 15) is 0 Å². The van der Waals surface area contributed by atoms with E-state index in [1.54, 1.807) is 0 Å². The van der Waals surface area contributed by atoms with E-state index in [0.29, 0.717) is 0 Å². The summed E-state index contributed by atoms with van der Waals surface area (Å²) in [5.74, 6) is 0. The van der Waals surface area contributed by atoms with Crippen LogP contribution in [0.4, 0.5) is 0 Å². The lowest BCUT2D eigenvalue weighted by Crippen LogP contribution is -2.40. The quantitative estimate of drug-likeness (QED) is 0.654. The van der Waals surface area contributed by atoms with Crippen LogP contribution in [0.5, 0.6) is 0 Å². The Morgan fingerprint density at radius 1 is 1.23 bits per heavy atom. The lowest BCUT2D eigenvalue weighted by atomic mass is 10.2. The molecule has 0 aliphatic heterocycles. The molecule has 0 aliphatic rings. The van der Waals surface area contributed by atoms with Crippen LogP contribution in [0.2, 0.25) is 6.55 Å². The molecule has 2 heteroatoms. The summed E-state index contributed by atoms with van der Waals surface area (Å²) in [5.41, 5.74) is 1.20. The van der Waals surface area contributed by atoms with Crippen LogP contribution in [-0.2, 0) is 0 Å². The molecule has 0 spiro atoms. The highest BCUT2D eigenvalue weighted by Gasteiger charge is 2.08. The molecule has 0 amide bonds. The van der Waals surface area contributed by atoms with E-state index < -0.39 is 8.96 Å². The summed E-state index contributed by atoms with van der Waals surface area (Å²) in [5, 5.41) is 1.48. The van der Waals surface area contributed by atoms with Crippen molar-refractivity contribution in [3.63, 3.8) is 0 Å². The fraction of sp³-hybridized carbons (Fsp3) is 0.273. The van der Waals surface area contributed by atoms with Crippen LogP contribution < -0.4 is 5.19 Å². The lowest BCUT2D eigenvalue weighted by molar-refractivity contribution is 0.653. The largest absolute Gasteiger partial charge is 0.328 e. The van der Waals surface area contributed by atoms with Crippen molar-refractivity contribution in [1.29, 1.82) is 0 Å². The average Bonchev–Trinajstić information content (AvgIpc) is 2.17. The topological polar surface area (TPSA) is 3.24 Å². The Hall–Kier alpha value is -0.863. The normalized spacial score (nSPS) is 12.9. The van der Waals surface area contributed by atoms with Gasteiger partial charge in [-0.3, -0.25) is 0 Å². The van der Waals surface area contributed by atoms with Crippen molar-refractivity contribution in [3.8, 4) is 0 Å². The molecule has 0 bridgehead atoms. The van der Waals surface area contributed by atoms with Crippen molar-refractivity contribution in [1.82, 2.24) is 4.57 Å². The van der Waals surface area contributed by atoms with Gasteiger partial charge in [-0.15, -0.1) is 0 Å². The Morgan fingerprint density at radius 2 is 1.77 bits per heavy atom. The fourth-order valence-electron chi connectivity index (χ4n) is 1.21. The average molecular weight is 191 g/mol. The molecule has 1 nitrogen and oxygen atoms in total. The van der Waals surface area contributed by atoms with Gasteiger partial charge in [-0.25, -0.2) is 0 Å². The maximum atomic E-state index is 3.74. The van der Waals surface area contributed by atoms with Crippen molar-refractivity contribution in [2.45, 2.75) is 6.55 Å². The van der Waals surface area contributed by atoms with E-state index in [1.165, 1.54) is 10.8 Å². The van der Waals surface area contributed by atoms with Gasteiger partial charge in [0.1, 0.15) is 8.96 Å². The minimum absolute atomic E-state index is 0.866. The Bertz CT molecular complexity index is 277. The van der Waals surface area contributed by atoms with Crippen molar-refractivity contribution >= 4 is 20.2 Å². The molecule has 0 radical (unpaired) electrons. The van der Waals surface area contributed by atoms with Crippen LogP contribution >= 0.6 is 0 Å². The van der Waals surface area contributed by atoms with Gasteiger partial charge < -0.3 is 4.57 Å². The zero-order valence-electron chi connectivity index (χ0n) is 8.62. The molecule has 13 heavy (non-hydrogen) atoms. The van der Waals surface area contributed by atoms with Crippen LogP contribution in [0.25, 0.3) is 6.08 Å². The zero-order valence-corrected chi connectivity index (χ0v) is 9.77. The second-order valence-corrected chi connectivity index (χ2v) is 6.56. The van der Waals surface area contributed by atoms with E-state index in [-0.39, 0.29) is 0 Å². The predicted octanol–water partition coefficient (Wildman–Crippen LogP) is 1.45. The molecule has 1 aromatic carbocycles. The van der Waals surface area contributed by atoms with Gasteiger partial charge in [0.2, 0.25) is 0 Å². The van der Waals surface area contributed by atoms with Gasteiger partial charge in [0.15, 0.2) is 0 Å². The van der Waals surface area contributed by atoms with Gasteiger partial charge in [-0.1, -0.05) is 43.5 Å². The second kappa shape index (κ2) is 4.39. The van der Waals surface area contributed by atoms with Gasteiger partial charge in [-0.05, 0) is 24.8 Å². The first-order chi connectivity index (χ1) is 6.15. The fourth-order valence-corrected chi connectivity index (χ4v) is 2.55. The summed E-state index contributed by atoms with van der Waals surface area (Å²) in [6.07, 6.45) is 1.88. The first-order valence-electron chi connectivity index (χ1n) is 4.54. The van der Waals surface area contributed by atoms with Gasteiger partial charge in [-0.2, -0.15) is 0 Å². The van der Waals surface area contributed by atoms with Crippen molar-refractivity contribution in [2.24, 2.45) is 0 Å².